The summed E-state index contributed by atoms with van der Waals surface area (Å²) in [6.07, 6.45) is 0. The van der Waals surface area contributed by atoms with Crippen LogP contribution in [-0.2, 0) is 0 Å². The van der Waals surface area contributed by atoms with E-state index in [0.29, 0.717) is 6.04 Å². The second kappa shape index (κ2) is 5.47. The fourth-order valence-electron chi connectivity index (χ4n) is 2.04. The fourth-order valence-corrected chi connectivity index (χ4v) is 2.04. The highest BCUT2D eigenvalue weighted by Gasteiger charge is 2.15. The van der Waals surface area contributed by atoms with E-state index in [1.807, 2.05) is 7.05 Å². The van der Waals surface area contributed by atoms with Crippen molar-refractivity contribution in [1.29, 1.82) is 0 Å². The lowest BCUT2D eigenvalue weighted by Crippen LogP contribution is -2.44. The first-order valence-electron chi connectivity index (χ1n) is 6.28. The van der Waals surface area contributed by atoms with Crippen LogP contribution < -0.4 is 10.2 Å². The Kier molecular flexibility index (Phi) is 3.97. The van der Waals surface area contributed by atoms with Gasteiger partial charge in [-0.15, -0.1) is 0 Å². The number of nitrogens with zero attached hydrogens (tertiary/aromatic N) is 3. The summed E-state index contributed by atoms with van der Waals surface area (Å²) in [7, 11) is 4.14. The van der Waals surface area contributed by atoms with Crippen molar-refractivity contribution < 1.29 is 0 Å². The molecule has 1 unspecified atom stereocenters. The normalized spacial score (nSPS) is 19.4. The first kappa shape index (κ1) is 12.3. The molecule has 0 bridgehead atoms. The van der Waals surface area contributed by atoms with Crippen molar-refractivity contribution in [2.24, 2.45) is 0 Å². The summed E-state index contributed by atoms with van der Waals surface area (Å²) >= 11 is 0. The van der Waals surface area contributed by atoms with Crippen molar-refractivity contribution in [2.45, 2.75) is 13.0 Å². The summed E-state index contributed by atoms with van der Waals surface area (Å²) in [6, 6.07) is 6.60. The zero-order chi connectivity index (χ0) is 12.3. The Bertz CT molecular complexity index is 358. The molecule has 4 heteroatoms. The number of aromatic nitrogens is 1. The van der Waals surface area contributed by atoms with Crippen LogP contribution in [-0.4, -0.2) is 50.2 Å². The third-order valence-electron chi connectivity index (χ3n) is 3.46. The largest absolute Gasteiger partial charge is 0.354 e. The molecule has 1 atom stereocenters. The molecule has 0 aromatic carbocycles. The van der Waals surface area contributed by atoms with Gasteiger partial charge < -0.3 is 15.1 Å². The number of hydrogen-bond donors (Lipinski definition) is 1. The number of hydrogen-bond acceptors (Lipinski definition) is 4. The molecule has 0 saturated carbocycles. The first-order chi connectivity index (χ1) is 8.20. The molecule has 2 rings (SSSR count). The van der Waals surface area contributed by atoms with Gasteiger partial charge in [0, 0.05) is 32.2 Å². The summed E-state index contributed by atoms with van der Waals surface area (Å²) < 4.78 is 0. The van der Waals surface area contributed by atoms with Crippen LogP contribution in [0.15, 0.2) is 18.2 Å². The average molecular weight is 234 g/mol. The van der Waals surface area contributed by atoms with Gasteiger partial charge in [0.05, 0.1) is 5.69 Å². The topological polar surface area (TPSA) is 31.4 Å². The number of nitrogens with one attached hydrogen (secondary N) is 1. The van der Waals surface area contributed by atoms with Crippen molar-refractivity contribution in [2.75, 3.05) is 45.2 Å². The maximum Gasteiger partial charge on any atom is 0.128 e. The summed E-state index contributed by atoms with van der Waals surface area (Å²) in [4.78, 5) is 9.46. The van der Waals surface area contributed by atoms with Crippen molar-refractivity contribution in [3.63, 3.8) is 0 Å². The zero-order valence-corrected chi connectivity index (χ0v) is 11.0. The van der Waals surface area contributed by atoms with E-state index < -0.39 is 0 Å². The Morgan fingerprint density at radius 1 is 1.24 bits per heavy atom. The van der Waals surface area contributed by atoms with Gasteiger partial charge in [-0.1, -0.05) is 6.07 Å². The minimum Gasteiger partial charge on any atom is -0.354 e. The molecule has 1 aliphatic rings. The van der Waals surface area contributed by atoms with E-state index in [9.17, 15) is 0 Å². The minimum atomic E-state index is 0.308. The van der Waals surface area contributed by atoms with Gasteiger partial charge in [-0.05, 0) is 33.2 Å². The molecular weight excluding hydrogens is 212 g/mol. The van der Waals surface area contributed by atoms with Gasteiger partial charge in [0.15, 0.2) is 0 Å². The molecule has 94 valence electrons. The molecule has 1 N–H and O–H groups in total. The lowest BCUT2D eigenvalue weighted by Gasteiger charge is -2.33. The quantitative estimate of drug-likeness (QED) is 0.849. The Morgan fingerprint density at radius 2 is 1.94 bits per heavy atom. The number of piperazine rings is 1. The molecule has 2 heterocycles. The Morgan fingerprint density at radius 3 is 2.59 bits per heavy atom. The van der Waals surface area contributed by atoms with E-state index in [0.717, 1.165) is 37.7 Å². The smallest absolute Gasteiger partial charge is 0.128 e. The summed E-state index contributed by atoms with van der Waals surface area (Å²) in [5, 5.41) is 3.23. The van der Waals surface area contributed by atoms with Crippen LogP contribution in [0.1, 0.15) is 18.7 Å². The third-order valence-corrected chi connectivity index (χ3v) is 3.46. The van der Waals surface area contributed by atoms with E-state index in [2.05, 4.69) is 47.3 Å². The van der Waals surface area contributed by atoms with Crippen LogP contribution in [0.2, 0.25) is 0 Å². The monoisotopic (exact) mass is 234 g/mol. The van der Waals surface area contributed by atoms with Gasteiger partial charge in [0.2, 0.25) is 0 Å². The highest BCUT2D eigenvalue weighted by molar-refractivity contribution is 5.40. The molecule has 1 aromatic heterocycles. The first-order valence-corrected chi connectivity index (χ1v) is 6.28. The molecule has 4 nitrogen and oxygen atoms in total. The van der Waals surface area contributed by atoms with Gasteiger partial charge in [0.25, 0.3) is 0 Å². The maximum absolute atomic E-state index is 4.74. The number of pyridine rings is 1. The van der Waals surface area contributed by atoms with Crippen molar-refractivity contribution in [3.05, 3.63) is 23.9 Å². The van der Waals surface area contributed by atoms with Crippen LogP contribution >= 0.6 is 0 Å². The Labute approximate surface area is 104 Å². The standard InChI is InChI=1S/C13H22N4/c1-11(14-2)12-5-4-6-13(15-12)17-9-7-16(3)8-10-17/h4-6,11,14H,7-10H2,1-3H3. The third kappa shape index (κ3) is 2.96. The van der Waals surface area contributed by atoms with E-state index in [1.54, 1.807) is 0 Å². The summed E-state index contributed by atoms with van der Waals surface area (Å²) in [5.74, 6) is 1.11. The molecule has 0 spiro atoms. The van der Waals surface area contributed by atoms with Gasteiger partial charge in [-0.2, -0.15) is 0 Å². The van der Waals surface area contributed by atoms with Crippen LogP contribution in [0.4, 0.5) is 5.82 Å². The molecule has 17 heavy (non-hydrogen) atoms. The van der Waals surface area contributed by atoms with E-state index >= 15 is 0 Å². The molecule has 1 aliphatic heterocycles. The van der Waals surface area contributed by atoms with Crippen LogP contribution in [0.5, 0.6) is 0 Å². The minimum absolute atomic E-state index is 0.308. The van der Waals surface area contributed by atoms with E-state index in [1.165, 1.54) is 0 Å². The lowest BCUT2D eigenvalue weighted by atomic mass is 10.2. The van der Waals surface area contributed by atoms with Crippen LogP contribution in [0, 0.1) is 0 Å². The molecule has 1 saturated heterocycles. The van der Waals surface area contributed by atoms with Gasteiger partial charge >= 0.3 is 0 Å². The number of anilines is 1. The van der Waals surface area contributed by atoms with Crippen molar-refractivity contribution >= 4 is 5.82 Å². The van der Waals surface area contributed by atoms with Crippen molar-refractivity contribution in [1.82, 2.24) is 15.2 Å². The van der Waals surface area contributed by atoms with E-state index in [4.69, 9.17) is 4.98 Å². The molecule has 0 aliphatic carbocycles. The average Bonchev–Trinajstić information content (AvgIpc) is 2.39. The van der Waals surface area contributed by atoms with Gasteiger partial charge in [-0.25, -0.2) is 4.98 Å². The Hall–Kier alpha value is -1.13. The summed E-state index contributed by atoms with van der Waals surface area (Å²) in [5.41, 5.74) is 1.11. The predicted molar refractivity (Wildman–Crippen MR) is 71.4 cm³/mol. The number of likely N-dealkylation sites (N-methyl/N-ethyl adjacent to an activating group) is 1. The molecule has 0 amide bonds. The molecule has 1 fully saturated rings. The predicted octanol–water partition coefficient (Wildman–Crippen LogP) is 1.11. The van der Waals surface area contributed by atoms with Crippen molar-refractivity contribution in [3.8, 4) is 0 Å². The fraction of sp³-hybridized carbons (Fsp3) is 0.615. The number of rotatable bonds is 3. The maximum atomic E-state index is 4.74. The molecule has 1 aromatic rings. The zero-order valence-electron chi connectivity index (χ0n) is 11.0. The SMILES string of the molecule is CNC(C)c1cccc(N2CCN(C)CC2)n1. The lowest BCUT2D eigenvalue weighted by molar-refractivity contribution is 0.312. The highest BCUT2D eigenvalue weighted by atomic mass is 15.3. The summed E-state index contributed by atoms with van der Waals surface area (Å²) in [6.45, 7) is 6.51. The molecular formula is C13H22N4. The Balaban J connectivity index is 2.10. The second-order valence-electron chi connectivity index (χ2n) is 4.72. The van der Waals surface area contributed by atoms with E-state index in [-0.39, 0.29) is 0 Å². The molecule has 0 radical (unpaired) electrons. The second-order valence-corrected chi connectivity index (χ2v) is 4.72. The van der Waals surface area contributed by atoms with Gasteiger partial charge in [0.1, 0.15) is 5.82 Å². The highest BCUT2D eigenvalue weighted by Crippen LogP contribution is 2.17. The van der Waals surface area contributed by atoms with Crippen LogP contribution in [0.25, 0.3) is 0 Å². The van der Waals surface area contributed by atoms with Gasteiger partial charge in [-0.3, -0.25) is 0 Å². The van der Waals surface area contributed by atoms with Crippen LogP contribution in [0.3, 0.4) is 0 Å².